The standard InChI is InChI=1S/C76H45NO3P/c1-41-27-33-63-65(35-41)78-66-40-54(44-29-31-53-51-20-8-14-26-60(51)76(62(53)39-44)57-23-11-5-17-48(57)49-18-6-12-24-58(49)76)71-74-69(66)77(63)64-34-32-45(70-72(64)81(74)73-67(79-70)36-42(2)37-68(73)80-71)43-28-30-52-50-19-7-13-25-59(50)75(61(52)38-43)55-21-9-3-15-46(55)47-16-4-10-22-56(47)75/h3-40,64H,1-2H3/q+1. The molecule has 2 spiro atoms. The Labute approximate surface area is 466 Å². The van der Waals surface area contributed by atoms with Gasteiger partial charge in [0.2, 0.25) is 15.7 Å². The summed E-state index contributed by atoms with van der Waals surface area (Å²) in [5.74, 6) is 0. The van der Waals surface area contributed by atoms with E-state index in [1.165, 1.54) is 99.4 Å². The first kappa shape index (κ1) is 43.2. The first-order chi connectivity index (χ1) is 40.0. The topological polar surface area (TPSA) is 44.4 Å². The van der Waals surface area contributed by atoms with Gasteiger partial charge >= 0.3 is 0 Å². The molecule has 11 aromatic carbocycles. The molecule has 376 valence electrons. The number of rotatable bonds is 2. The van der Waals surface area contributed by atoms with E-state index in [0.717, 1.165) is 83.1 Å². The van der Waals surface area contributed by atoms with Gasteiger partial charge in [-0.15, -0.1) is 0 Å². The number of allylic oxidation sites excluding steroid dienone is 2. The van der Waals surface area contributed by atoms with Crippen LogP contribution < -0.4 is 5.42 Å². The molecule has 4 heterocycles. The van der Waals surface area contributed by atoms with Gasteiger partial charge in [-0.05, 0) is 168 Å². The van der Waals surface area contributed by atoms with Crippen LogP contribution in [0, 0.1) is 13.8 Å². The molecule has 20 rings (SSSR count). The van der Waals surface area contributed by atoms with Crippen molar-refractivity contribution in [2.75, 3.05) is 0 Å². The lowest BCUT2D eigenvalue weighted by Crippen LogP contribution is -2.27. The maximum Gasteiger partial charge on any atom is 0.239 e. The Morgan fingerprint density at radius 3 is 1.41 bits per heavy atom. The Morgan fingerprint density at radius 1 is 0.395 bits per heavy atom. The van der Waals surface area contributed by atoms with Gasteiger partial charge in [0, 0.05) is 11.1 Å². The van der Waals surface area contributed by atoms with Crippen molar-refractivity contribution in [3.8, 4) is 60.9 Å². The van der Waals surface area contributed by atoms with Crippen LogP contribution in [0.1, 0.15) is 72.5 Å². The SMILES string of the molecule is Cc1cc2oc3c4[p+]5c6c(oc(c1)c2-5)c(-c1ccc2c(c1)C1(c5ccccc5-c5ccccc51)c1ccccc1-2)cc1oc2cc(C)ccc2n(c16)C4C=CC=3c1ccc2c(c1)C1(c3ccccc3-c3ccccc31)c1ccccc1-2. The largest absolute Gasteiger partial charge is 0.453 e. The van der Waals surface area contributed by atoms with Crippen LogP contribution in [-0.4, -0.2) is 4.57 Å². The van der Waals surface area contributed by atoms with Crippen molar-refractivity contribution in [3.05, 3.63) is 302 Å². The minimum atomic E-state index is -1.23. The van der Waals surface area contributed by atoms with E-state index in [1.807, 2.05) is 0 Å². The zero-order valence-corrected chi connectivity index (χ0v) is 45.0. The van der Waals surface area contributed by atoms with E-state index in [0.29, 0.717) is 0 Å². The van der Waals surface area contributed by atoms with Crippen molar-refractivity contribution in [2.24, 2.45) is 0 Å². The lowest BCUT2D eigenvalue weighted by molar-refractivity contribution is 0.540. The predicted octanol–water partition coefficient (Wildman–Crippen LogP) is 19.1. The maximum atomic E-state index is 7.58. The fraction of sp³-hybridized carbons (Fsp3) is 0.0658. The Balaban J connectivity index is 0.904. The molecule has 2 unspecified atom stereocenters. The summed E-state index contributed by atoms with van der Waals surface area (Å²) in [5.41, 5.74) is 33.9. The lowest BCUT2D eigenvalue weighted by atomic mass is 9.70. The monoisotopic (exact) mass is 1050 g/mol. The van der Waals surface area contributed by atoms with Crippen molar-refractivity contribution in [2.45, 2.75) is 30.7 Å². The van der Waals surface area contributed by atoms with Crippen molar-refractivity contribution in [1.82, 2.24) is 4.57 Å². The van der Waals surface area contributed by atoms with Crippen molar-refractivity contribution < 1.29 is 13.3 Å². The van der Waals surface area contributed by atoms with Crippen LogP contribution >= 0.6 is 7.53 Å². The quantitative estimate of drug-likeness (QED) is 0.128. The number of aryl methyl sites for hydroxylation is 2. The molecule has 12 aromatic rings. The normalized spacial score (nSPS) is 16.2. The highest BCUT2D eigenvalue weighted by Gasteiger charge is 2.54. The smallest absolute Gasteiger partial charge is 0.239 e. The van der Waals surface area contributed by atoms with Crippen LogP contribution in [0.25, 0.3) is 111 Å². The van der Waals surface area contributed by atoms with E-state index in [2.05, 4.69) is 249 Å². The second-order valence-corrected chi connectivity index (χ2v) is 25.3. The first-order valence-electron chi connectivity index (χ1n) is 28.3. The molecule has 0 saturated carbocycles. The lowest BCUT2D eigenvalue weighted by Gasteiger charge is -2.31. The number of hydrogen-bond acceptors (Lipinski definition) is 3. The van der Waals surface area contributed by atoms with Crippen LogP contribution in [0.3, 0.4) is 0 Å². The third kappa shape index (κ3) is 4.99. The molecule has 0 bridgehead atoms. The van der Waals surface area contributed by atoms with Gasteiger partial charge in [-0.2, -0.15) is 0 Å². The van der Waals surface area contributed by atoms with Gasteiger partial charge in [-0.25, -0.2) is 0 Å². The van der Waals surface area contributed by atoms with E-state index >= 15 is 0 Å². The number of benzene rings is 11. The van der Waals surface area contributed by atoms with Crippen molar-refractivity contribution in [3.63, 3.8) is 0 Å². The summed E-state index contributed by atoms with van der Waals surface area (Å²) < 4.78 is 25.0. The highest BCUT2D eigenvalue weighted by atomic mass is 31.1. The van der Waals surface area contributed by atoms with Crippen LogP contribution in [0.5, 0.6) is 0 Å². The van der Waals surface area contributed by atoms with Crippen molar-refractivity contribution in [1.29, 1.82) is 0 Å². The molecule has 0 N–H and O–H groups in total. The summed E-state index contributed by atoms with van der Waals surface area (Å²) >= 11 is 0. The van der Waals surface area contributed by atoms with Gasteiger partial charge in [-0.1, -0.05) is 188 Å². The Bertz CT molecular complexity index is 5290. The van der Waals surface area contributed by atoms with E-state index < -0.39 is 18.4 Å². The zero-order chi connectivity index (χ0) is 52.8. The van der Waals surface area contributed by atoms with Gasteiger partial charge in [0.1, 0.15) is 11.6 Å². The summed E-state index contributed by atoms with van der Waals surface area (Å²) in [5, 5.41) is 3.60. The van der Waals surface area contributed by atoms with E-state index in [-0.39, 0.29) is 6.04 Å². The van der Waals surface area contributed by atoms with Crippen LogP contribution in [0.15, 0.2) is 244 Å². The molecule has 81 heavy (non-hydrogen) atoms. The van der Waals surface area contributed by atoms with Crippen LogP contribution in [0.2, 0.25) is 0 Å². The van der Waals surface area contributed by atoms with Crippen molar-refractivity contribution >= 4 is 57.2 Å². The van der Waals surface area contributed by atoms with Crippen LogP contribution in [-0.2, 0) is 10.8 Å². The molecule has 0 radical (unpaired) electrons. The number of aromatic nitrogens is 1. The Kier molecular flexibility index (Phi) is 7.86. The predicted molar refractivity (Wildman–Crippen MR) is 327 cm³/mol. The van der Waals surface area contributed by atoms with Gasteiger partial charge in [-0.3, -0.25) is 0 Å². The first-order valence-corrected chi connectivity index (χ1v) is 29.6. The minimum absolute atomic E-state index is 0.148. The number of nitrogens with zero attached hydrogens (tertiary/aromatic N) is 1. The zero-order valence-electron chi connectivity index (χ0n) is 44.1. The summed E-state index contributed by atoms with van der Waals surface area (Å²) in [7, 11) is -1.23. The van der Waals surface area contributed by atoms with Gasteiger partial charge in [0.15, 0.2) is 40.9 Å². The van der Waals surface area contributed by atoms with Gasteiger partial charge in [0.25, 0.3) is 0 Å². The van der Waals surface area contributed by atoms with E-state index in [1.54, 1.807) is 0 Å². The fourth-order valence-corrected chi connectivity index (χ4v) is 19.5. The van der Waals surface area contributed by atoms with Gasteiger partial charge < -0.3 is 17.8 Å². The highest BCUT2D eigenvalue weighted by molar-refractivity contribution is 7.64. The van der Waals surface area contributed by atoms with Gasteiger partial charge in [0.05, 0.1) is 16.3 Å². The summed E-state index contributed by atoms with van der Waals surface area (Å²) in [4.78, 5) is 0. The second kappa shape index (κ2) is 14.7. The molecule has 5 heteroatoms. The second-order valence-electron chi connectivity index (χ2n) is 23.3. The molecule has 0 fully saturated rings. The maximum absolute atomic E-state index is 7.58. The average Bonchev–Trinajstić information content (AvgIpc) is 2.67. The molecule has 5 aliphatic carbocycles. The molecule has 1 aromatic heterocycles. The average molecular weight is 1050 g/mol. The molecule has 0 saturated heterocycles. The molecular weight excluding hydrogens is 1010 g/mol. The summed E-state index contributed by atoms with van der Waals surface area (Å²) in [6, 6.07) is 82.1. The number of hydrogen-bond donors (Lipinski definition) is 0. The molecule has 3 aliphatic heterocycles. The molecular formula is C76H45NO3P+. The Hall–Kier alpha value is -9.73. The third-order valence-electron chi connectivity index (χ3n) is 19.4. The molecule has 8 aliphatic rings. The fourth-order valence-electron chi connectivity index (χ4n) is 16.5. The highest BCUT2D eigenvalue weighted by Crippen LogP contribution is 2.67. The minimum Gasteiger partial charge on any atom is -0.453 e. The van der Waals surface area contributed by atoms with E-state index in [4.69, 9.17) is 13.3 Å². The molecule has 2 atom stereocenters. The Morgan fingerprint density at radius 2 is 0.864 bits per heavy atom. The number of fused-ring (bicyclic) bond motifs is 23. The molecule has 4 nitrogen and oxygen atoms in total. The summed E-state index contributed by atoms with van der Waals surface area (Å²) in [6.45, 7) is 4.32. The van der Waals surface area contributed by atoms with Crippen LogP contribution in [0.4, 0.5) is 0 Å². The van der Waals surface area contributed by atoms with E-state index in [9.17, 15) is 0 Å². The third-order valence-corrected chi connectivity index (χ3v) is 22.1. The summed E-state index contributed by atoms with van der Waals surface area (Å²) in [6.07, 6.45) is 4.80. The molecule has 0 amide bonds.